The van der Waals surface area contributed by atoms with E-state index in [0.717, 1.165) is 16.4 Å². The van der Waals surface area contributed by atoms with E-state index >= 15 is 0 Å². The molecule has 1 aliphatic heterocycles. The lowest BCUT2D eigenvalue weighted by atomic mass is 10.1. The SMILES string of the molecule is N#Cc1ccc(CCn2cc(C(=O)NCC(=O)N3CC(F)(F)C[C@H]3C#N)c(C(F)(F)F)n2)cc1. The van der Waals surface area contributed by atoms with E-state index in [1.54, 1.807) is 30.3 Å². The summed E-state index contributed by atoms with van der Waals surface area (Å²) in [6.45, 7) is -1.88. The Balaban J connectivity index is 1.69. The molecule has 1 aromatic heterocycles. The van der Waals surface area contributed by atoms with Gasteiger partial charge in [0, 0.05) is 19.2 Å². The standard InChI is InChI=1S/C21H17F5N6O2/c22-20(23)7-15(9-28)32(12-20)17(33)10-29-19(34)16-11-31(30-18(16)21(24,25)26)6-5-13-1-3-14(8-27)4-2-13/h1-4,11,15H,5-7,10,12H2,(H,29,34)/t15-/m0/s1. The van der Waals surface area contributed by atoms with Crippen LogP contribution in [0.5, 0.6) is 0 Å². The molecule has 1 N–H and O–H groups in total. The van der Waals surface area contributed by atoms with Crippen LogP contribution in [0.3, 0.4) is 0 Å². The number of likely N-dealkylation sites (tertiary alicyclic amines) is 1. The lowest BCUT2D eigenvalue weighted by Gasteiger charge is -2.19. The second-order valence-corrected chi connectivity index (χ2v) is 7.62. The fourth-order valence-corrected chi connectivity index (χ4v) is 3.45. The number of aryl methyl sites for hydroxylation is 2. The summed E-state index contributed by atoms with van der Waals surface area (Å²) < 4.78 is 68.2. The van der Waals surface area contributed by atoms with Crippen molar-refractivity contribution in [1.29, 1.82) is 10.5 Å². The van der Waals surface area contributed by atoms with E-state index in [1.165, 1.54) is 0 Å². The number of rotatable bonds is 6. The van der Waals surface area contributed by atoms with Crippen LogP contribution >= 0.6 is 0 Å². The third kappa shape index (κ3) is 5.67. The van der Waals surface area contributed by atoms with Crippen molar-refractivity contribution in [2.75, 3.05) is 13.1 Å². The summed E-state index contributed by atoms with van der Waals surface area (Å²) in [6, 6.07) is 8.52. The quantitative estimate of drug-likeness (QED) is 0.638. The number of benzene rings is 1. The van der Waals surface area contributed by atoms with Crippen LogP contribution in [-0.2, 0) is 23.9 Å². The summed E-state index contributed by atoms with van der Waals surface area (Å²) in [6.07, 6.45) is -4.66. The molecule has 1 aliphatic rings. The molecule has 1 aromatic carbocycles. The molecular weight excluding hydrogens is 463 g/mol. The highest BCUT2D eigenvalue weighted by atomic mass is 19.4. The Morgan fingerprint density at radius 1 is 1.21 bits per heavy atom. The van der Waals surface area contributed by atoms with Gasteiger partial charge in [-0.25, -0.2) is 8.78 Å². The predicted octanol–water partition coefficient (Wildman–Crippen LogP) is 2.51. The molecule has 13 heteroatoms. The van der Waals surface area contributed by atoms with Gasteiger partial charge in [0.25, 0.3) is 11.8 Å². The molecule has 0 saturated carbocycles. The van der Waals surface area contributed by atoms with E-state index in [2.05, 4.69) is 5.10 Å². The van der Waals surface area contributed by atoms with Crippen molar-refractivity contribution < 1.29 is 31.5 Å². The highest BCUT2D eigenvalue weighted by Crippen LogP contribution is 2.32. The monoisotopic (exact) mass is 480 g/mol. The van der Waals surface area contributed by atoms with E-state index in [-0.39, 0.29) is 13.0 Å². The van der Waals surface area contributed by atoms with Gasteiger partial charge in [0.15, 0.2) is 5.69 Å². The smallest absolute Gasteiger partial charge is 0.343 e. The van der Waals surface area contributed by atoms with E-state index in [4.69, 9.17) is 10.5 Å². The van der Waals surface area contributed by atoms with Crippen LogP contribution in [0.4, 0.5) is 22.0 Å². The Hall–Kier alpha value is -4.00. The van der Waals surface area contributed by atoms with E-state index in [9.17, 15) is 31.5 Å². The number of carbonyl (C=O) groups excluding carboxylic acids is 2. The first-order valence-corrected chi connectivity index (χ1v) is 9.92. The van der Waals surface area contributed by atoms with Crippen LogP contribution < -0.4 is 5.32 Å². The Labute approximate surface area is 190 Å². The fourth-order valence-electron chi connectivity index (χ4n) is 3.45. The van der Waals surface area contributed by atoms with Gasteiger partial charge in [-0.2, -0.15) is 28.8 Å². The molecule has 0 aliphatic carbocycles. The number of aromatic nitrogens is 2. The first kappa shape index (κ1) is 24.6. The zero-order chi connectivity index (χ0) is 25.1. The molecule has 1 fully saturated rings. The van der Waals surface area contributed by atoms with Crippen LogP contribution in [0, 0.1) is 22.7 Å². The molecule has 0 radical (unpaired) electrons. The molecule has 178 valence electrons. The molecule has 0 bridgehead atoms. The molecule has 1 saturated heterocycles. The highest BCUT2D eigenvalue weighted by Gasteiger charge is 2.47. The highest BCUT2D eigenvalue weighted by molar-refractivity contribution is 5.97. The van der Waals surface area contributed by atoms with Crippen LogP contribution in [0.2, 0.25) is 0 Å². The maximum absolute atomic E-state index is 13.5. The molecule has 2 aromatic rings. The first-order chi connectivity index (χ1) is 15.9. The Morgan fingerprint density at radius 2 is 1.88 bits per heavy atom. The zero-order valence-corrected chi connectivity index (χ0v) is 17.4. The summed E-state index contributed by atoms with van der Waals surface area (Å²) in [5.74, 6) is -5.54. The third-order valence-corrected chi connectivity index (χ3v) is 5.13. The Morgan fingerprint density at radius 3 is 2.47 bits per heavy atom. The van der Waals surface area contributed by atoms with E-state index < -0.39 is 60.7 Å². The molecule has 0 spiro atoms. The normalized spacial score (nSPS) is 17.1. The van der Waals surface area contributed by atoms with Crippen molar-refractivity contribution in [1.82, 2.24) is 20.0 Å². The van der Waals surface area contributed by atoms with Crippen molar-refractivity contribution in [3.63, 3.8) is 0 Å². The van der Waals surface area contributed by atoms with Gasteiger partial charge >= 0.3 is 6.18 Å². The fraction of sp³-hybridized carbons (Fsp3) is 0.381. The summed E-state index contributed by atoms with van der Waals surface area (Å²) in [5, 5.41) is 23.2. The van der Waals surface area contributed by atoms with Crippen molar-refractivity contribution >= 4 is 11.8 Å². The van der Waals surface area contributed by atoms with Gasteiger partial charge in [0.1, 0.15) is 6.04 Å². The summed E-state index contributed by atoms with van der Waals surface area (Å²) >= 11 is 0. The molecule has 8 nitrogen and oxygen atoms in total. The molecule has 0 unspecified atom stereocenters. The minimum atomic E-state index is -4.96. The molecule has 2 amide bonds. The van der Waals surface area contributed by atoms with Crippen molar-refractivity contribution in [2.24, 2.45) is 0 Å². The minimum absolute atomic E-state index is 0.00605. The Bertz CT molecular complexity index is 1160. The van der Waals surface area contributed by atoms with Gasteiger partial charge in [-0.15, -0.1) is 0 Å². The van der Waals surface area contributed by atoms with Gasteiger partial charge in [-0.3, -0.25) is 14.3 Å². The largest absolute Gasteiger partial charge is 0.435 e. The maximum atomic E-state index is 13.5. The van der Waals surface area contributed by atoms with Crippen molar-refractivity contribution in [3.8, 4) is 12.1 Å². The lowest BCUT2D eigenvalue weighted by Crippen LogP contribution is -2.43. The molecule has 1 atom stereocenters. The number of halogens is 5. The third-order valence-electron chi connectivity index (χ3n) is 5.13. The topological polar surface area (TPSA) is 115 Å². The number of carbonyl (C=O) groups is 2. The second-order valence-electron chi connectivity index (χ2n) is 7.62. The van der Waals surface area contributed by atoms with Gasteiger partial charge < -0.3 is 10.2 Å². The second kappa shape index (κ2) is 9.47. The molecule has 34 heavy (non-hydrogen) atoms. The zero-order valence-electron chi connectivity index (χ0n) is 17.4. The van der Waals surface area contributed by atoms with Crippen LogP contribution in [-0.4, -0.2) is 51.5 Å². The van der Waals surface area contributed by atoms with Crippen molar-refractivity contribution in [3.05, 3.63) is 52.8 Å². The number of nitrogens with one attached hydrogen (secondary N) is 1. The lowest BCUT2D eigenvalue weighted by molar-refractivity contribution is -0.141. The average Bonchev–Trinajstić information content (AvgIpc) is 3.36. The minimum Gasteiger partial charge on any atom is -0.343 e. The number of hydrogen-bond acceptors (Lipinski definition) is 5. The van der Waals surface area contributed by atoms with Crippen LogP contribution in [0.1, 0.15) is 33.6 Å². The Kier molecular flexibility index (Phi) is 6.86. The van der Waals surface area contributed by atoms with E-state index in [0.29, 0.717) is 10.5 Å². The van der Waals surface area contributed by atoms with E-state index in [1.807, 2.05) is 11.4 Å². The van der Waals surface area contributed by atoms with Gasteiger partial charge in [0.2, 0.25) is 5.91 Å². The number of hydrogen-bond donors (Lipinski definition) is 1. The first-order valence-electron chi connectivity index (χ1n) is 9.92. The number of nitriles is 2. The van der Waals surface area contributed by atoms with Gasteiger partial charge in [-0.05, 0) is 24.1 Å². The summed E-state index contributed by atoms with van der Waals surface area (Å²) in [5.41, 5.74) is -1.13. The number of amides is 2. The average molecular weight is 480 g/mol. The maximum Gasteiger partial charge on any atom is 0.435 e. The number of alkyl halides is 5. The van der Waals surface area contributed by atoms with Gasteiger partial charge in [-0.1, -0.05) is 12.1 Å². The molecule has 3 rings (SSSR count). The summed E-state index contributed by atoms with van der Waals surface area (Å²) in [4.78, 5) is 25.2. The number of nitrogens with zero attached hydrogens (tertiary/aromatic N) is 5. The predicted molar refractivity (Wildman–Crippen MR) is 105 cm³/mol. The van der Waals surface area contributed by atoms with Crippen molar-refractivity contribution in [2.45, 2.75) is 37.5 Å². The molecule has 2 heterocycles. The summed E-state index contributed by atoms with van der Waals surface area (Å²) in [7, 11) is 0. The van der Waals surface area contributed by atoms with Crippen LogP contribution in [0.15, 0.2) is 30.5 Å². The molecular formula is C21H17F5N6O2. The van der Waals surface area contributed by atoms with Gasteiger partial charge in [0.05, 0.1) is 36.4 Å². The van der Waals surface area contributed by atoms with Crippen LogP contribution in [0.25, 0.3) is 0 Å².